The molecule has 0 amide bonds. The molecular weight excluding hydrogens is 637 g/mol. The van der Waals surface area contributed by atoms with Crippen molar-refractivity contribution in [2.75, 3.05) is 10.6 Å². The molecule has 4 rings (SSSR count). The molecule has 1 radical (unpaired) electrons. The van der Waals surface area contributed by atoms with E-state index in [9.17, 15) is 25.9 Å². The molecule has 2 aromatic carbocycles. The van der Waals surface area contributed by atoms with E-state index in [0.29, 0.717) is 17.5 Å². The SMILES string of the molecule is Cc1n[c-]nc(Nc2ccc(C=Cc3ccc(Nc4nc(C)nc(C)n4)cc3S(=O)(=O)O)c(S(=O)(=O)O)c2)n1.[Y]. The number of benzene rings is 2. The second kappa shape index (κ2) is 12.5. The molecule has 14 nitrogen and oxygen atoms in total. The van der Waals surface area contributed by atoms with Gasteiger partial charge >= 0.3 is 0 Å². The van der Waals surface area contributed by atoms with Crippen LogP contribution in [0.5, 0.6) is 0 Å². The Bertz CT molecular complexity index is 1800. The van der Waals surface area contributed by atoms with Crippen LogP contribution in [0, 0.1) is 27.1 Å². The number of aromatic nitrogens is 6. The molecular formula is C23H21N8O6S2Y-. The van der Waals surface area contributed by atoms with Crippen molar-refractivity contribution in [2.45, 2.75) is 30.6 Å². The van der Waals surface area contributed by atoms with Gasteiger partial charge in [-0.3, -0.25) is 9.11 Å². The zero-order chi connectivity index (χ0) is 28.4. The van der Waals surface area contributed by atoms with Gasteiger partial charge in [0.2, 0.25) is 5.95 Å². The second-order valence-electron chi connectivity index (χ2n) is 8.10. The first-order valence-electron chi connectivity index (χ1n) is 11.0. The van der Waals surface area contributed by atoms with Crippen LogP contribution in [0.25, 0.3) is 12.2 Å². The van der Waals surface area contributed by atoms with Crippen molar-refractivity contribution in [3.05, 3.63) is 71.3 Å². The number of nitrogens with one attached hydrogen (secondary N) is 2. The normalized spacial score (nSPS) is 11.7. The summed E-state index contributed by atoms with van der Waals surface area (Å²) in [6, 6.07) is 8.13. The maximum absolute atomic E-state index is 12.1. The van der Waals surface area contributed by atoms with Crippen molar-refractivity contribution >= 4 is 55.7 Å². The van der Waals surface area contributed by atoms with E-state index in [2.05, 4.69) is 46.9 Å². The molecule has 0 unspecified atom stereocenters. The first-order chi connectivity index (χ1) is 18.3. The molecule has 0 fully saturated rings. The Morgan fingerprint density at radius 1 is 0.675 bits per heavy atom. The van der Waals surface area contributed by atoms with Crippen molar-refractivity contribution < 1.29 is 58.7 Å². The third kappa shape index (κ3) is 8.12. The van der Waals surface area contributed by atoms with Gasteiger partial charge in [0.05, 0.1) is 0 Å². The van der Waals surface area contributed by atoms with Gasteiger partial charge in [-0.2, -0.15) is 26.8 Å². The molecule has 0 bridgehead atoms. The topological polar surface area (TPSA) is 210 Å². The summed E-state index contributed by atoms with van der Waals surface area (Å²) in [7, 11) is -9.39. The molecule has 2 heterocycles. The Kier molecular flexibility index (Phi) is 9.76. The monoisotopic (exact) mass is 658 g/mol. The van der Waals surface area contributed by atoms with E-state index in [1.165, 1.54) is 42.5 Å². The quantitative estimate of drug-likeness (QED) is 0.122. The van der Waals surface area contributed by atoms with E-state index in [1.54, 1.807) is 20.8 Å². The Balaban J connectivity index is 0.00000441. The van der Waals surface area contributed by atoms with E-state index < -0.39 is 30.0 Å². The van der Waals surface area contributed by atoms with Gasteiger partial charge in [-0.05, 0) is 49.2 Å². The average Bonchev–Trinajstić information content (AvgIpc) is 2.82. The first kappa shape index (κ1) is 31.3. The van der Waals surface area contributed by atoms with Crippen LogP contribution in [-0.2, 0) is 52.9 Å². The fraction of sp³-hybridized carbons (Fsp3) is 0.130. The minimum Gasteiger partial charge on any atom is -0.378 e. The van der Waals surface area contributed by atoms with Crippen molar-refractivity contribution in [1.82, 2.24) is 29.9 Å². The predicted molar refractivity (Wildman–Crippen MR) is 141 cm³/mol. The Morgan fingerprint density at radius 3 is 1.57 bits per heavy atom. The maximum atomic E-state index is 12.1. The smallest absolute Gasteiger partial charge is 0.295 e. The van der Waals surface area contributed by atoms with Gasteiger partial charge in [0, 0.05) is 56.2 Å². The fourth-order valence-electron chi connectivity index (χ4n) is 3.46. The van der Waals surface area contributed by atoms with E-state index in [0.717, 1.165) is 6.07 Å². The van der Waals surface area contributed by atoms with Crippen molar-refractivity contribution in [3.63, 3.8) is 0 Å². The molecule has 0 aliphatic carbocycles. The summed E-state index contributed by atoms with van der Waals surface area (Å²) < 4.78 is 68.1. The summed E-state index contributed by atoms with van der Waals surface area (Å²) in [5.41, 5.74) is 0.605. The van der Waals surface area contributed by atoms with E-state index >= 15 is 0 Å². The van der Waals surface area contributed by atoms with Crippen molar-refractivity contribution in [2.24, 2.45) is 0 Å². The molecule has 0 saturated heterocycles. The average molecular weight is 659 g/mol. The molecule has 0 spiro atoms. The molecule has 0 saturated carbocycles. The van der Waals surface area contributed by atoms with Crippen LogP contribution in [0.15, 0.2) is 46.2 Å². The second-order valence-corrected chi connectivity index (χ2v) is 10.9. The summed E-state index contributed by atoms with van der Waals surface area (Å²) in [6.07, 6.45) is 4.96. The minimum absolute atomic E-state index is 0. The van der Waals surface area contributed by atoms with Crippen LogP contribution in [0.4, 0.5) is 23.3 Å². The number of aryl methyl sites for hydroxylation is 3. The van der Waals surface area contributed by atoms with Crippen LogP contribution < -0.4 is 10.6 Å². The molecule has 17 heteroatoms. The van der Waals surface area contributed by atoms with Crippen LogP contribution in [-0.4, -0.2) is 55.8 Å². The minimum atomic E-state index is -4.70. The van der Waals surface area contributed by atoms with Gasteiger partial charge < -0.3 is 25.6 Å². The number of rotatable bonds is 8. The van der Waals surface area contributed by atoms with E-state index in [4.69, 9.17) is 0 Å². The molecule has 40 heavy (non-hydrogen) atoms. The van der Waals surface area contributed by atoms with Crippen LogP contribution >= 0.6 is 0 Å². The van der Waals surface area contributed by atoms with Gasteiger partial charge in [-0.15, -0.1) is 0 Å². The van der Waals surface area contributed by atoms with Gasteiger partial charge in [-0.25, -0.2) is 4.98 Å². The van der Waals surface area contributed by atoms with Crippen molar-refractivity contribution in [3.8, 4) is 0 Å². The molecule has 4 aromatic rings. The Labute approximate surface area is 255 Å². The maximum Gasteiger partial charge on any atom is 0.295 e. The van der Waals surface area contributed by atoms with Crippen LogP contribution in [0.3, 0.4) is 0 Å². The molecule has 2 aromatic heterocycles. The zero-order valence-corrected chi connectivity index (χ0v) is 25.7. The summed E-state index contributed by atoms with van der Waals surface area (Å²) in [6.45, 7) is 4.97. The molecule has 4 N–H and O–H groups in total. The fourth-order valence-corrected chi connectivity index (χ4v) is 4.88. The molecule has 0 atom stereocenters. The third-order valence-corrected chi connectivity index (χ3v) is 6.85. The number of hydrogen-bond donors (Lipinski definition) is 4. The number of nitrogens with zero attached hydrogens (tertiary/aromatic N) is 6. The van der Waals surface area contributed by atoms with E-state index in [1.807, 2.05) is 0 Å². The molecule has 0 aliphatic rings. The summed E-state index contributed by atoms with van der Waals surface area (Å²) in [5, 5.41) is 5.65. The van der Waals surface area contributed by atoms with Crippen LogP contribution in [0.1, 0.15) is 28.6 Å². The number of anilines is 4. The van der Waals surface area contributed by atoms with Gasteiger partial charge in [0.15, 0.2) is 0 Å². The summed E-state index contributed by atoms with van der Waals surface area (Å²) >= 11 is 0. The predicted octanol–water partition coefficient (Wildman–Crippen LogP) is 2.93. The molecule has 0 aliphatic heterocycles. The van der Waals surface area contributed by atoms with Crippen LogP contribution in [0.2, 0.25) is 0 Å². The standard InChI is InChI=1S/C23H21N8O6S2.Y/c1-13-24-12-25-22(27-13)30-18-8-6-16(20(10-18)38(32,33)34)4-5-17-7-9-19(11-21(17)39(35,36)37)31-23-28-14(2)26-15(3)29-23;/h4-11H,1-3H3,(H,32,33,34)(H,35,36,37)(H,24,25,27,30)(H,26,28,29,31);/q-1;. The Hall–Kier alpha value is -3.28. The molecule has 205 valence electrons. The van der Waals surface area contributed by atoms with Gasteiger partial charge in [0.25, 0.3) is 20.2 Å². The Morgan fingerprint density at radius 2 is 1.12 bits per heavy atom. The first-order valence-corrected chi connectivity index (χ1v) is 13.9. The zero-order valence-electron chi connectivity index (χ0n) is 21.2. The van der Waals surface area contributed by atoms with Gasteiger partial charge in [-0.1, -0.05) is 31.2 Å². The van der Waals surface area contributed by atoms with Crippen molar-refractivity contribution in [1.29, 1.82) is 0 Å². The number of hydrogen-bond acceptors (Lipinski definition) is 12. The third-order valence-electron chi connectivity index (χ3n) is 5.03. The van der Waals surface area contributed by atoms with E-state index in [-0.39, 0.29) is 67.1 Å². The summed E-state index contributed by atoms with van der Waals surface area (Å²) in [5.74, 6) is 1.59. The largest absolute Gasteiger partial charge is 0.378 e. The summed E-state index contributed by atoms with van der Waals surface area (Å²) in [4.78, 5) is 23.0. The van der Waals surface area contributed by atoms with Gasteiger partial charge in [0.1, 0.15) is 27.4 Å².